The molecule has 100 valence electrons. The minimum Gasteiger partial charge on any atom is -0.508 e. The standard InChI is InChI=1S/C14H13Cl2NO2/c1-19-14-9(6-10(15)7-13(14)16)8-17-11-2-4-12(18)5-3-11/h2-7,17-18H,8H2,1H3. The topological polar surface area (TPSA) is 41.5 Å². The number of halogens is 2. The van der Waals surface area contributed by atoms with Gasteiger partial charge < -0.3 is 15.2 Å². The first-order valence-corrected chi connectivity index (χ1v) is 6.40. The highest BCUT2D eigenvalue weighted by molar-refractivity contribution is 6.35. The average molecular weight is 298 g/mol. The van der Waals surface area contributed by atoms with E-state index in [1.807, 2.05) is 0 Å². The van der Waals surface area contributed by atoms with Crippen molar-refractivity contribution in [2.45, 2.75) is 6.54 Å². The molecule has 0 fully saturated rings. The number of nitrogens with one attached hydrogen (secondary N) is 1. The number of phenolic OH excluding ortho intramolecular Hbond substituents is 1. The fourth-order valence-corrected chi connectivity index (χ4v) is 2.36. The Morgan fingerprint density at radius 2 is 1.84 bits per heavy atom. The van der Waals surface area contributed by atoms with E-state index in [2.05, 4.69) is 5.32 Å². The minimum atomic E-state index is 0.230. The van der Waals surface area contributed by atoms with Gasteiger partial charge in [-0.1, -0.05) is 23.2 Å². The number of hydrogen-bond donors (Lipinski definition) is 2. The molecule has 0 spiro atoms. The Kier molecular flexibility index (Phi) is 4.40. The van der Waals surface area contributed by atoms with Crippen molar-refractivity contribution in [3.63, 3.8) is 0 Å². The second-order valence-corrected chi connectivity index (χ2v) is 4.82. The van der Waals surface area contributed by atoms with Crippen LogP contribution in [-0.2, 0) is 6.54 Å². The van der Waals surface area contributed by atoms with Gasteiger partial charge in [-0.3, -0.25) is 0 Å². The van der Waals surface area contributed by atoms with Crippen molar-refractivity contribution in [3.8, 4) is 11.5 Å². The highest BCUT2D eigenvalue weighted by atomic mass is 35.5. The number of methoxy groups -OCH3 is 1. The largest absolute Gasteiger partial charge is 0.508 e. The van der Waals surface area contributed by atoms with Crippen LogP contribution in [-0.4, -0.2) is 12.2 Å². The van der Waals surface area contributed by atoms with Gasteiger partial charge in [0.1, 0.15) is 11.5 Å². The highest BCUT2D eigenvalue weighted by Crippen LogP contribution is 2.32. The van der Waals surface area contributed by atoms with Gasteiger partial charge in [-0.25, -0.2) is 0 Å². The molecule has 0 heterocycles. The first-order valence-electron chi connectivity index (χ1n) is 5.65. The summed E-state index contributed by atoms with van der Waals surface area (Å²) in [4.78, 5) is 0. The number of hydrogen-bond acceptors (Lipinski definition) is 3. The van der Waals surface area contributed by atoms with E-state index in [0.717, 1.165) is 11.3 Å². The molecule has 0 aromatic heterocycles. The molecular weight excluding hydrogens is 285 g/mol. The van der Waals surface area contributed by atoms with E-state index in [1.54, 1.807) is 43.5 Å². The second kappa shape index (κ2) is 6.04. The van der Waals surface area contributed by atoms with Crippen LogP contribution in [0.15, 0.2) is 36.4 Å². The van der Waals surface area contributed by atoms with Gasteiger partial charge in [-0.2, -0.15) is 0 Å². The summed E-state index contributed by atoms with van der Waals surface area (Å²) in [7, 11) is 1.57. The summed E-state index contributed by atoms with van der Waals surface area (Å²) in [5, 5.41) is 13.5. The van der Waals surface area contributed by atoms with Crippen LogP contribution < -0.4 is 10.1 Å². The van der Waals surface area contributed by atoms with Crippen molar-refractivity contribution in [2.24, 2.45) is 0 Å². The van der Waals surface area contributed by atoms with Crippen LogP contribution in [0.3, 0.4) is 0 Å². The highest BCUT2D eigenvalue weighted by Gasteiger charge is 2.09. The van der Waals surface area contributed by atoms with Crippen LogP contribution in [0.2, 0.25) is 10.0 Å². The van der Waals surface area contributed by atoms with Gasteiger partial charge in [0.25, 0.3) is 0 Å². The summed E-state index contributed by atoms with van der Waals surface area (Å²) in [6.07, 6.45) is 0. The van der Waals surface area contributed by atoms with Gasteiger partial charge in [0.2, 0.25) is 0 Å². The average Bonchev–Trinajstić information content (AvgIpc) is 2.37. The van der Waals surface area contributed by atoms with Gasteiger partial charge in [0.15, 0.2) is 0 Å². The number of aromatic hydroxyl groups is 1. The monoisotopic (exact) mass is 297 g/mol. The van der Waals surface area contributed by atoms with Crippen LogP contribution in [0.1, 0.15) is 5.56 Å². The molecule has 0 aliphatic rings. The smallest absolute Gasteiger partial charge is 0.142 e. The lowest BCUT2D eigenvalue weighted by atomic mass is 10.2. The number of rotatable bonds is 4. The first-order chi connectivity index (χ1) is 9.10. The summed E-state index contributed by atoms with van der Waals surface area (Å²) in [5.74, 6) is 0.839. The molecule has 2 rings (SSSR count). The molecule has 0 saturated heterocycles. The molecule has 0 bridgehead atoms. The van der Waals surface area contributed by atoms with E-state index in [9.17, 15) is 5.11 Å². The zero-order valence-corrected chi connectivity index (χ0v) is 11.8. The van der Waals surface area contributed by atoms with Gasteiger partial charge >= 0.3 is 0 Å². The number of benzene rings is 2. The van der Waals surface area contributed by atoms with Crippen LogP contribution in [0, 0.1) is 0 Å². The lowest BCUT2D eigenvalue weighted by Gasteiger charge is -2.12. The van der Waals surface area contributed by atoms with E-state index in [-0.39, 0.29) is 5.75 Å². The molecule has 2 N–H and O–H groups in total. The van der Waals surface area contributed by atoms with Crippen molar-refractivity contribution in [3.05, 3.63) is 52.0 Å². The lowest BCUT2D eigenvalue weighted by Crippen LogP contribution is -2.02. The van der Waals surface area contributed by atoms with E-state index >= 15 is 0 Å². The van der Waals surface area contributed by atoms with Crippen molar-refractivity contribution >= 4 is 28.9 Å². The number of ether oxygens (including phenoxy) is 1. The van der Waals surface area contributed by atoms with Gasteiger partial charge in [0, 0.05) is 22.8 Å². The maximum atomic E-state index is 9.21. The Morgan fingerprint density at radius 1 is 1.16 bits per heavy atom. The molecule has 2 aromatic rings. The van der Waals surface area contributed by atoms with Crippen molar-refractivity contribution < 1.29 is 9.84 Å². The second-order valence-electron chi connectivity index (χ2n) is 3.98. The maximum absolute atomic E-state index is 9.21. The fourth-order valence-electron chi connectivity index (χ4n) is 1.75. The molecule has 0 atom stereocenters. The Balaban J connectivity index is 2.17. The predicted octanol–water partition coefficient (Wildman–Crippen LogP) is 4.32. The van der Waals surface area contributed by atoms with Crippen molar-refractivity contribution in [1.82, 2.24) is 0 Å². The van der Waals surface area contributed by atoms with Crippen LogP contribution in [0.25, 0.3) is 0 Å². The van der Waals surface area contributed by atoms with Gasteiger partial charge in [-0.15, -0.1) is 0 Å². The Bertz CT molecular complexity index is 570. The van der Waals surface area contributed by atoms with Crippen LogP contribution >= 0.6 is 23.2 Å². The van der Waals surface area contributed by atoms with Crippen molar-refractivity contribution in [2.75, 3.05) is 12.4 Å². The molecular formula is C14H13Cl2NO2. The Labute approximate surface area is 121 Å². The third-order valence-corrected chi connectivity index (χ3v) is 3.14. The predicted molar refractivity (Wildman–Crippen MR) is 78.4 cm³/mol. The molecule has 0 amide bonds. The maximum Gasteiger partial charge on any atom is 0.142 e. The third-order valence-electron chi connectivity index (χ3n) is 2.64. The molecule has 3 nitrogen and oxygen atoms in total. The van der Waals surface area contributed by atoms with E-state index in [4.69, 9.17) is 27.9 Å². The normalized spacial score (nSPS) is 10.3. The molecule has 0 aliphatic carbocycles. The first kappa shape index (κ1) is 13.8. The Hall–Kier alpha value is -1.58. The summed E-state index contributed by atoms with van der Waals surface area (Å²) < 4.78 is 5.27. The summed E-state index contributed by atoms with van der Waals surface area (Å²) >= 11 is 12.0. The van der Waals surface area contributed by atoms with E-state index in [0.29, 0.717) is 22.3 Å². The van der Waals surface area contributed by atoms with Crippen LogP contribution in [0.5, 0.6) is 11.5 Å². The summed E-state index contributed by atoms with van der Waals surface area (Å²) in [5.41, 5.74) is 1.75. The van der Waals surface area contributed by atoms with Gasteiger partial charge in [-0.05, 0) is 36.4 Å². The summed E-state index contributed by atoms with van der Waals surface area (Å²) in [6, 6.07) is 10.3. The SMILES string of the molecule is COc1c(Cl)cc(Cl)cc1CNc1ccc(O)cc1. The molecule has 0 unspecified atom stereocenters. The molecule has 2 aromatic carbocycles. The zero-order valence-electron chi connectivity index (χ0n) is 10.3. The zero-order chi connectivity index (χ0) is 13.8. The third kappa shape index (κ3) is 3.46. The lowest BCUT2D eigenvalue weighted by molar-refractivity contribution is 0.410. The molecule has 19 heavy (non-hydrogen) atoms. The molecule has 0 saturated carbocycles. The van der Waals surface area contributed by atoms with Crippen molar-refractivity contribution in [1.29, 1.82) is 0 Å². The van der Waals surface area contributed by atoms with E-state index in [1.165, 1.54) is 0 Å². The van der Waals surface area contributed by atoms with Crippen LogP contribution in [0.4, 0.5) is 5.69 Å². The molecule has 0 radical (unpaired) electrons. The number of anilines is 1. The van der Waals surface area contributed by atoms with E-state index < -0.39 is 0 Å². The quantitative estimate of drug-likeness (QED) is 0.826. The summed E-state index contributed by atoms with van der Waals surface area (Å²) in [6.45, 7) is 0.522. The fraction of sp³-hybridized carbons (Fsp3) is 0.143. The Morgan fingerprint density at radius 3 is 2.47 bits per heavy atom. The minimum absolute atomic E-state index is 0.230. The molecule has 5 heteroatoms. The number of phenols is 1. The van der Waals surface area contributed by atoms with Gasteiger partial charge in [0.05, 0.1) is 12.1 Å². The molecule has 0 aliphatic heterocycles.